The molecule has 0 spiro atoms. The van der Waals surface area contributed by atoms with Crippen LogP contribution in [0.15, 0.2) is 12.2 Å². The van der Waals surface area contributed by atoms with E-state index in [0.29, 0.717) is 12.0 Å². The quantitative estimate of drug-likeness (QED) is 0.592. The minimum Gasteiger partial charge on any atom is -0.311 e. The monoisotopic (exact) mass is 141 g/mol. The van der Waals surface area contributed by atoms with Gasteiger partial charge in [0.25, 0.3) is 0 Å². The number of nitrogens with one attached hydrogen (secondary N) is 1. The van der Waals surface area contributed by atoms with E-state index in [1.165, 1.54) is 0 Å². The Kier molecular flexibility index (Phi) is 5.32. The molecular weight excluding hydrogens is 122 g/mol. The van der Waals surface area contributed by atoms with Crippen molar-refractivity contribution < 1.29 is 0 Å². The van der Waals surface area contributed by atoms with Crippen molar-refractivity contribution >= 4 is 0 Å². The minimum atomic E-state index is 0.594. The summed E-state index contributed by atoms with van der Waals surface area (Å²) in [6, 6.07) is 0.594. The smallest absolute Gasteiger partial charge is 0.0137 e. The number of rotatable bonds is 4. The summed E-state index contributed by atoms with van der Waals surface area (Å²) in [4.78, 5) is 0. The molecule has 0 aromatic carbocycles. The maximum absolute atomic E-state index is 3.31. The van der Waals surface area contributed by atoms with E-state index in [-0.39, 0.29) is 0 Å². The Labute approximate surface area is 64.5 Å². The number of hydrogen-bond donors (Lipinski definition) is 1. The lowest BCUT2D eigenvalue weighted by Crippen LogP contribution is -2.22. The molecule has 0 aliphatic heterocycles. The lowest BCUT2D eigenvalue weighted by atomic mass is 10.2. The molecule has 0 saturated heterocycles. The third-order valence-electron chi connectivity index (χ3n) is 1.16. The number of hydrogen-bond acceptors (Lipinski definition) is 1. The average Bonchev–Trinajstić information content (AvgIpc) is 1.79. The predicted octanol–water partition coefficient (Wildman–Crippen LogP) is 2.20. The first-order valence-electron chi connectivity index (χ1n) is 4.03. The van der Waals surface area contributed by atoms with Crippen molar-refractivity contribution in [3.63, 3.8) is 0 Å². The van der Waals surface area contributed by atoms with Crippen molar-refractivity contribution in [1.29, 1.82) is 0 Å². The summed E-state index contributed by atoms with van der Waals surface area (Å²) in [5, 5.41) is 3.31. The van der Waals surface area contributed by atoms with Gasteiger partial charge < -0.3 is 5.32 Å². The molecule has 1 heteroatoms. The van der Waals surface area contributed by atoms with Gasteiger partial charge in [0, 0.05) is 12.6 Å². The van der Waals surface area contributed by atoms with Crippen molar-refractivity contribution in [1.82, 2.24) is 5.32 Å². The zero-order valence-electron chi connectivity index (χ0n) is 7.52. The molecule has 0 heterocycles. The first-order valence-corrected chi connectivity index (χ1v) is 4.03. The van der Waals surface area contributed by atoms with Crippen molar-refractivity contribution in [3.8, 4) is 0 Å². The van der Waals surface area contributed by atoms with Gasteiger partial charge in [-0.25, -0.2) is 0 Å². The molecule has 0 atom stereocenters. The lowest BCUT2D eigenvalue weighted by molar-refractivity contribution is 0.630. The van der Waals surface area contributed by atoms with Crippen molar-refractivity contribution in [2.75, 3.05) is 6.54 Å². The largest absolute Gasteiger partial charge is 0.311 e. The molecule has 60 valence electrons. The van der Waals surface area contributed by atoms with Crippen molar-refractivity contribution in [2.24, 2.45) is 5.92 Å². The standard InChI is InChI=1S/C9H19N/c1-8(2)6-5-7-10-9(3)4/h5-6,8-10H,7H2,1-4H3. The normalized spacial score (nSPS) is 12.2. The second-order valence-electron chi connectivity index (χ2n) is 3.24. The van der Waals surface area contributed by atoms with Gasteiger partial charge in [0.2, 0.25) is 0 Å². The predicted molar refractivity (Wildman–Crippen MR) is 47.1 cm³/mol. The summed E-state index contributed by atoms with van der Waals surface area (Å²) in [6.45, 7) is 9.68. The molecule has 1 nitrogen and oxygen atoms in total. The Morgan fingerprint density at radius 2 is 1.80 bits per heavy atom. The maximum Gasteiger partial charge on any atom is 0.0137 e. The zero-order chi connectivity index (χ0) is 7.98. The van der Waals surface area contributed by atoms with Crippen LogP contribution in [0.1, 0.15) is 27.7 Å². The average molecular weight is 141 g/mol. The fraction of sp³-hybridized carbons (Fsp3) is 0.778. The third-order valence-corrected chi connectivity index (χ3v) is 1.16. The molecule has 10 heavy (non-hydrogen) atoms. The fourth-order valence-corrected chi connectivity index (χ4v) is 0.644. The molecule has 1 N–H and O–H groups in total. The summed E-state index contributed by atoms with van der Waals surface area (Å²) >= 11 is 0. The van der Waals surface area contributed by atoms with Crippen LogP contribution in [-0.4, -0.2) is 12.6 Å². The van der Waals surface area contributed by atoms with Crippen LogP contribution in [0.2, 0.25) is 0 Å². The molecule has 0 radical (unpaired) electrons. The highest BCUT2D eigenvalue weighted by atomic mass is 14.9. The van der Waals surface area contributed by atoms with Crippen LogP contribution >= 0.6 is 0 Å². The van der Waals surface area contributed by atoms with Crippen LogP contribution in [0.4, 0.5) is 0 Å². The van der Waals surface area contributed by atoms with Gasteiger partial charge in [0.1, 0.15) is 0 Å². The van der Waals surface area contributed by atoms with E-state index in [1.54, 1.807) is 0 Å². The Hall–Kier alpha value is -0.300. The minimum absolute atomic E-state index is 0.594. The van der Waals surface area contributed by atoms with Crippen LogP contribution in [0.5, 0.6) is 0 Å². The first-order chi connectivity index (χ1) is 4.63. The van der Waals surface area contributed by atoms with Gasteiger partial charge >= 0.3 is 0 Å². The highest BCUT2D eigenvalue weighted by Gasteiger charge is 1.87. The Bertz CT molecular complexity index is 92.9. The van der Waals surface area contributed by atoms with Crippen LogP contribution in [0, 0.1) is 5.92 Å². The van der Waals surface area contributed by atoms with Crippen LogP contribution < -0.4 is 5.32 Å². The van der Waals surface area contributed by atoms with E-state index < -0.39 is 0 Å². The van der Waals surface area contributed by atoms with Gasteiger partial charge in [-0.3, -0.25) is 0 Å². The fourth-order valence-electron chi connectivity index (χ4n) is 0.644. The van der Waals surface area contributed by atoms with Crippen molar-refractivity contribution in [3.05, 3.63) is 12.2 Å². The molecule has 0 bridgehead atoms. The maximum atomic E-state index is 3.31. The molecule has 0 fully saturated rings. The van der Waals surface area contributed by atoms with Crippen LogP contribution in [0.25, 0.3) is 0 Å². The molecule has 0 saturated carbocycles. The summed E-state index contributed by atoms with van der Waals surface area (Å²) in [6.07, 6.45) is 4.40. The van der Waals surface area contributed by atoms with E-state index in [0.717, 1.165) is 6.54 Å². The van der Waals surface area contributed by atoms with Crippen LogP contribution in [-0.2, 0) is 0 Å². The van der Waals surface area contributed by atoms with E-state index in [2.05, 4.69) is 45.2 Å². The topological polar surface area (TPSA) is 12.0 Å². The second kappa shape index (κ2) is 5.48. The molecule has 0 aromatic rings. The summed E-state index contributed by atoms with van der Waals surface area (Å²) in [5.41, 5.74) is 0. The molecule has 0 aliphatic rings. The Morgan fingerprint density at radius 1 is 1.20 bits per heavy atom. The van der Waals surface area contributed by atoms with Gasteiger partial charge in [-0.1, -0.05) is 39.8 Å². The zero-order valence-corrected chi connectivity index (χ0v) is 7.52. The van der Waals surface area contributed by atoms with Gasteiger partial charge in [0.15, 0.2) is 0 Å². The number of allylic oxidation sites excluding steroid dienone is 1. The molecule has 0 aliphatic carbocycles. The molecule has 0 unspecified atom stereocenters. The second-order valence-corrected chi connectivity index (χ2v) is 3.24. The highest BCUT2D eigenvalue weighted by Crippen LogP contribution is 1.91. The van der Waals surface area contributed by atoms with E-state index >= 15 is 0 Å². The summed E-state index contributed by atoms with van der Waals surface area (Å²) in [5.74, 6) is 0.675. The first kappa shape index (κ1) is 9.70. The lowest BCUT2D eigenvalue weighted by Gasteiger charge is -2.03. The molecular formula is C9H19N. The van der Waals surface area contributed by atoms with Crippen molar-refractivity contribution in [2.45, 2.75) is 33.7 Å². The Morgan fingerprint density at radius 3 is 2.20 bits per heavy atom. The van der Waals surface area contributed by atoms with Crippen LogP contribution in [0.3, 0.4) is 0 Å². The summed E-state index contributed by atoms with van der Waals surface area (Å²) in [7, 11) is 0. The Balaban J connectivity index is 3.19. The van der Waals surface area contributed by atoms with Gasteiger partial charge in [-0.05, 0) is 5.92 Å². The van der Waals surface area contributed by atoms with Gasteiger partial charge in [-0.2, -0.15) is 0 Å². The highest BCUT2D eigenvalue weighted by molar-refractivity contribution is 4.86. The SMILES string of the molecule is CC(C)C=CCNC(C)C. The molecule has 0 amide bonds. The molecule has 0 aromatic heterocycles. The summed E-state index contributed by atoms with van der Waals surface area (Å²) < 4.78 is 0. The van der Waals surface area contributed by atoms with E-state index in [1.807, 2.05) is 0 Å². The molecule has 0 rings (SSSR count). The van der Waals surface area contributed by atoms with E-state index in [4.69, 9.17) is 0 Å². The van der Waals surface area contributed by atoms with E-state index in [9.17, 15) is 0 Å². The van der Waals surface area contributed by atoms with Gasteiger partial charge in [0.05, 0.1) is 0 Å². The van der Waals surface area contributed by atoms with Gasteiger partial charge in [-0.15, -0.1) is 0 Å². The third kappa shape index (κ3) is 7.70.